The van der Waals surface area contributed by atoms with Crippen LogP contribution in [-0.2, 0) is 0 Å². The van der Waals surface area contributed by atoms with Crippen molar-refractivity contribution in [3.05, 3.63) is 23.4 Å². The Balaban J connectivity index is 3.19. The third-order valence-electron chi connectivity index (χ3n) is 1.56. The van der Waals surface area contributed by atoms with E-state index in [1.54, 1.807) is 0 Å². The van der Waals surface area contributed by atoms with E-state index >= 15 is 0 Å². The lowest BCUT2D eigenvalue weighted by molar-refractivity contribution is -0.0884. The first kappa shape index (κ1) is 10.5. The predicted octanol–water partition coefficient (Wildman–Crippen LogP) is 1.72. The van der Waals surface area contributed by atoms with Gasteiger partial charge in [-0.2, -0.15) is 13.2 Å². The Kier molecular flexibility index (Phi) is 2.46. The number of nitrogens with zero attached hydrogens (tertiary/aromatic N) is 1. The Morgan fingerprint density at radius 2 is 2.07 bits per heavy atom. The zero-order valence-corrected chi connectivity index (χ0v) is 7.22. The average molecular weight is 204 g/mol. The molecule has 0 radical (unpaired) electrons. The van der Waals surface area contributed by atoms with Gasteiger partial charge < -0.3 is 5.73 Å². The number of aryl methyl sites for hydroxylation is 1. The van der Waals surface area contributed by atoms with Crippen LogP contribution in [0.3, 0.4) is 0 Å². The van der Waals surface area contributed by atoms with Crippen molar-refractivity contribution in [1.82, 2.24) is 4.98 Å². The van der Waals surface area contributed by atoms with Gasteiger partial charge in [-0.3, -0.25) is 4.79 Å². The minimum Gasteiger partial charge on any atom is -0.383 e. The largest absolute Gasteiger partial charge is 0.455 e. The number of pyridine rings is 1. The van der Waals surface area contributed by atoms with E-state index in [1.807, 2.05) is 0 Å². The van der Waals surface area contributed by atoms with Gasteiger partial charge in [0.25, 0.3) is 5.78 Å². The number of hydrogen-bond acceptors (Lipinski definition) is 3. The summed E-state index contributed by atoms with van der Waals surface area (Å²) in [5.74, 6) is -2.37. The maximum absolute atomic E-state index is 12.0. The number of carbonyl (C=O) groups is 1. The summed E-state index contributed by atoms with van der Waals surface area (Å²) in [6.07, 6.45) is -3.62. The van der Waals surface area contributed by atoms with Gasteiger partial charge in [0.05, 0.1) is 5.56 Å². The number of hydrogen-bond donors (Lipinski definition) is 1. The second-order valence-electron chi connectivity index (χ2n) is 2.77. The molecular formula is C8H7F3N2O. The molecule has 0 saturated heterocycles. The van der Waals surface area contributed by atoms with Crippen molar-refractivity contribution in [2.24, 2.45) is 0 Å². The minimum atomic E-state index is -4.91. The van der Waals surface area contributed by atoms with Crippen LogP contribution >= 0.6 is 0 Å². The molecule has 1 aromatic rings. The third-order valence-corrected chi connectivity index (χ3v) is 1.56. The monoisotopic (exact) mass is 204 g/mol. The van der Waals surface area contributed by atoms with Gasteiger partial charge in [0, 0.05) is 6.20 Å². The number of carbonyl (C=O) groups excluding carboxylic acids is 1. The molecule has 0 aliphatic carbocycles. The highest BCUT2D eigenvalue weighted by atomic mass is 19.4. The highest BCUT2D eigenvalue weighted by molar-refractivity contribution is 6.03. The number of halogens is 3. The maximum Gasteiger partial charge on any atom is 0.455 e. The first-order valence-electron chi connectivity index (χ1n) is 3.66. The summed E-state index contributed by atoms with van der Waals surface area (Å²) in [5.41, 5.74) is 5.01. The zero-order chi connectivity index (χ0) is 10.9. The van der Waals surface area contributed by atoms with Gasteiger partial charge in [0.15, 0.2) is 0 Å². The summed E-state index contributed by atoms with van der Waals surface area (Å²) in [7, 11) is 0. The van der Waals surface area contributed by atoms with Crippen LogP contribution in [0.15, 0.2) is 12.3 Å². The molecular weight excluding hydrogens is 197 g/mol. The molecule has 0 aliphatic heterocycles. The Morgan fingerprint density at radius 3 is 2.57 bits per heavy atom. The molecule has 0 spiro atoms. The van der Waals surface area contributed by atoms with E-state index in [4.69, 9.17) is 5.73 Å². The lowest BCUT2D eigenvalue weighted by Crippen LogP contribution is -2.24. The summed E-state index contributed by atoms with van der Waals surface area (Å²) in [5, 5.41) is 0. The molecule has 14 heavy (non-hydrogen) atoms. The fourth-order valence-electron chi connectivity index (χ4n) is 0.914. The van der Waals surface area contributed by atoms with Gasteiger partial charge in [-0.15, -0.1) is 0 Å². The molecule has 0 saturated carbocycles. The number of nitrogen functional groups attached to an aromatic ring is 1. The molecule has 0 fully saturated rings. The number of nitrogens with two attached hydrogens (primary N) is 1. The quantitative estimate of drug-likeness (QED) is 0.708. The molecule has 1 aromatic heterocycles. The van der Waals surface area contributed by atoms with Gasteiger partial charge in [0.1, 0.15) is 5.82 Å². The van der Waals surface area contributed by atoms with Crippen molar-refractivity contribution in [2.75, 3.05) is 5.73 Å². The summed E-state index contributed by atoms with van der Waals surface area (Å²) in [6, 6.07) is 1.07. The Bertz CT molecular complexity index is 373. The minimum absolute atomic E-state index is 0.405. The van der Waals surface area contributed by atoms with Crippen molar-refractivity contribution < 1.29 is 18.0 Å². The number of anilines is 1. The third kappa shape index (κ3) is 2.01. The smallest absolute Gasteiger partial charge is 0.383 e. The van der Waals surface area contributed by atoms with Crippen LogP contribution in [0.1, 0.15) is 15.9 Å². The normalized spacial score (nSPS) is 11.4. The van der Waals surface area contributed by atoms with Crippen LogP contribution < -0.4 is 5.73 Å². The van der Waals surface area contributed by atoms with E-state index < -0.39 is 23.3 Å². The van der Waals surface area contributed by atoms with Crippen molar-refractivity contribution in [2.45, 2.75) is 13.1 Å². The Hall–Kier alpha value is -1.59. The number of rotatable bonds is 1. The van der Waals surface area contributed by atoms with E-state index in [0.717, 1.165) is 6.07 Å². The maximum atomic E-state index is 12.0. The molecule has 0 aromatic carbocycles. The second-order valence-corrected chi connectivity index (χ2v) is 2.77. The number of aromatic nitrogens is 1. The van der Waals surface area contributed by atoms with Crippen LogP contribution in [0, 0.1) is 6.92 Å². The van der Waals surface area contributed by atoms with Crippen LogP contribution in [0.5, 0.6) is 0 Å². The summed E-state index contributed by atoms with van der Waals surface area (Å²) >= 11 is 0. The molecule has 0 bridgehead atoms. The van der Waals surface area contributed by atoms with Crippen molar-refractivity contribution in [3.8, 4) is 0 Å². The van der Waals surface area contributed by atoms with Gasteiger partial charge in [0.2, 0.25) is 0 Å². The standard InChI is InChI=1S/C8H7F3N2O/c1-4-2-5(7(12)13-3-4)6(14)8(9,10)11/h2-3H,1H3,(H2,12,13). The first-order valence-corrected chi connectivity index (χ1v) is 3.66. The fourth-order valence-corrected chi connectivity index (χ4v) is 0.914. The SMILES string of the molecule is Cc1cnc(N)c(C(=O)C(F)(F)F)c1. The molecule has 0 unspecified atom stereocenters. The zero-order valence-electron chi connectivity index (χ0n) is 7.22. The lowest BCUT2D eigenvalue weighted by Gasteiger charge is -2.07. The van der Waals surface area contributed by atoms with Crippen molar-refractivity contribution >= 4 is 11.6 Å². The first-order chi connectivity index (χ1) is 6.32. The van der Waals surface area contributed by atoms with Gasteiger partial charge >= 0.3 is 6.18 Å². The molecule has 1 rings (SSSR count). The molecule has 76 valence electrons. The second kappa shape index (κ2) is 3.28. The van der Waals surface area contributed by atoms with E-state index in [0.29, 0.717) is 5.56 Å². The molecule has 3 nitrogen and oxygen atoms in total. The van der Waals surface area contributed by atoms with Crippen LogP contribution in [0.4, 0.5) is 19.0 Å². The summed E-state index contributed by atoms with van der Waals surface area (Å²) in [6.45, 7) is 1.53. The van der Waals surface area contributed by atoms with Gasteiger partial charge in [-0.1, -0.05) is 0 Å². The molecule has 6 heteroatoms. The number of alkyl halides is 3. The summed E-state index contributed by atoms with van der Waals surface area (Å²) in [4.78, 5) is 14.3. The molecule has 0 atom stereocenters. The molecule has 0 aliphatic rings. The predicted molar refractivity (Wildman–Crippen MR) is 43.8 cm³/mol. The molecule has 1 heterocycles. The topological polar surface area (TPSA) is 56.0 Å². The Morgan fingerprint density at radius 1 is 1.50 bits per heavy atom. The summed E-state index contributed by atoms with van der Waals surface area (Å²) < 4.78 is 36.0. The number of Topliss-reactive ketones (excluding diaryl/α,β-unsaturated/α-hetero) is 1. The lowest BCUT2D eigenvalue weighted by atomic mass is 10.1. The number of ketones is 1. The van der Waals surface area contributed by atoms with Crippen molar-refractivity contribution in [3.63, 3.8) is 0 Å². The van der Waals surface area contributed by atoms with E-state index in [1.165, 1.54) is 13.1 Å². The fraction of sp³-hybridized carbons (Fsp3) is 0.250. The molecule has 2 N–H and O–H groups in total. The highest BCUT2D eigenvalue weighted by Crippen LogP contribution is 2.24. The van der Waals surface area contributed by atoms with Crippen molar-refractivity contribution in [1.29, 1.82) is 0 Å². The van der Waals surface area contributed by atoms with E-state index in [9.17, 15) is 18.0 Å². The van der Waals surface area contributed by atoms with Gasteiger partial charge in [-0.05, 0) is 18.6 Å². The molecule has 0 amide bonds. The van der Waals surface area contributed by atoms with E-state index in [-0.39, 0.29) is 0 Å². The van der Waals surface area contributed by atoms with Crippen LogP contribution in [0.2, 0.25) is 0 Å². The average Bonchev–Trinajstić information content (AvgIpc) is 2.06. The van der Waals surface area contributed by atoms with Crippen LogP contribution in [-0.4, -0.2) is 16.9 Å². The van der Waals surface area contributed by atoms with Gasteiger partial charge in [-0.25, -0.2) is 4.98 Å². The highest BCUT2D eigenvalue weighted by Gasteiger charge is 2.40. The van der Waals surface area contributed by atoms with E-state index in [2.05, 4.69) is 4.98 Å². The Labute approximate surface area is 77.7 Å². The van der Waals surface area contributed by atoms with Crippen LogP contribution in [0.25, 0.3) is 0 Å².